The average molecular weight is 496 g/mol. The molecule has 0 aliphatic carbocycles. The Balaban J connectivity index is 2.03. The molecule has 5 N–H and O–H groups in total. The van der Waals surface area contributed by atoms with Gasteiger partial charge in [-0.25, -0.2) is 14.7 Å². The number of unbranched alkanes of at least 4 members (excludes halogenated alkanes) is 1. The molecule has 1 atom stereocenters. The van der Waals surface area contributed by atoms with Crippen LogP contribution in [-0.4, -0.2) is 59.1 Å². The van der Waals surface area contributed by atoms with Gasteiger partial charge in [0, 0.05) is 18.1 Å². The Bertz CT molecular complexity index is 1140. The number of hydrogen-bond donors (Lipinski definition) is 4. The van der Waals surface area contributed by atoms with E-state index in [-0.39, 0.29) is 25.8 Å². The van der Waals surface area contributed by atoms with Gasteiger partial charge in [-0.1, -0.05) is 18.2 Å². The smallest absolute Gasteiger partial charge is 0.425 e. The number of amides is 3. The number of carbonyl (C=O) groups is 3. The maximum Gasteiger partial charge on any atom is 0.425 e. The van der Waals surface area contributed by atoms with Crippen LogP contribution >= 0.6 is 0 Å². The van der Waals surface area contributed by atoms with Crippen molar-refractivity contribution >= 4 is 44.9 Å². The highest BCUT2D eigenvalue weighted by molar-refractivity contribution is 7.87. The first-order valence-corrected chi connectivity index (χ1v) is 12.0. The highest BCUT2D eigenvalue weighted by Crippen LogP contribution is 2.21. The Morgan fingerprint density at radius 1 is 1.18 bits per heavy atom. The Morgan fingerprint density at radius 3 is 2.47 bits per heavy atom. The number of benzene rings is 1. The molecular formula is C21H29N5O7S. The molecule has 2 rings (SSSR count). The molecule has 1 aromatic heterocycles. The van der Waals surface area contributed by atoms with Crippen molar-refractivity contribution in [2.45, 2.75) is 51.7 Å². The highest BCUT2D eigenvalue weighted by Gasteiger charge is 2.29. The third kappa shape index (κ3) is 8.15. The lowest BCUT2D eigenvalue weighted by Crippen LogP contribution is -2.45. The van der Waals surface area contributed by atoms with Crippen LogP contribution in [0.25, 0.3) is 10.9 Å². The minimum absolute atomic E-state index is 0.0447. The van der Waals surface area contributed by atoms with Crippen molar-refractivity contribution in [2.75, 3.05) is 11.9 Å². The molecule has 3 amide bonds. The van der Waals surface area contributed by atoms with Crippen LogP contribution in [0.5, 0.6) is 0 Å². The molecule has 2 aromatic rings. The molecule has 0 bridgehead atoms. The number of carbonyl (C=O) groups excluding carboxylic acids is 2. The number of nitrogens with two attached hydrogens (primary N) is 1. The fourth-order valence-corrected chi connectivity index (χ4v) is 3.71. The summed E-state index contributed by atoms with van der Waals surface area (Å²) in [5.74, 6) is -0.601. The summed E-state index contributed by atoms with van der Waals surface area (Å²) < 4.78 is 29.1. The van der Waals surface area contributed by atoms with E-state index in [1.54, 1.807) is 45.2 Å². The molecule has 0 aliphatic rings. The lowest BCUT2D eigenvalue weighted by molar-refractivity contribution is -0.118. The molecule has 0 spiro atoms. The van der Waals surface area contributed by atoms with Crippen LogP contribution in [0.4, 0.5) is 15.3 Å². The van der Waals surface area contributed by atoms with Crippen LogP contribution in [0, 0.1) is 0 Å². The first-order valence-electron chi connectivity index (χ1n) is 10.5. The van der Waals surface area contributed by atoms with Gasteiger partial charge in [-0.15, -0.1) is 0 Å². The van der Waals surface area contributed by atoms with Crippen LogP contribution in [0.3, 0.4) is 0 Å². The summed E-state index contributed by atoms with van der Waals surface area (Å²) in [6, 6.07) is 7.67. The Hall–Kier alpha value is -3.45. The van der Waals surface area contributed by atoms with Crippen LogP contribution < -0.4 is 15.8 Å². The van der Waals surface area contributed by atoms with Crippen molar-refractivity contribution in [1.29, 1.82) is 0 Å². The second-order valence-corrected chi connectivity index (χ2v) is 9.94. The number of rotatable bonds is 9. The number of hydrogen-bond acceptors (Lipinski definition) is 7. The zero-order valence-corrected chi connectivity index (χ0v) is 20.0. The van der Waals surface area contributed by atoms with Gasteiger partial charge in [0.2, 0.25) is 5.91 Å². The van der Waals surface area contributed by atoms with Gasteiger partial charge in [-0.3, -0.25) is 9.78 Å². The standard InChI is InChI=1S/C21H29N5O7S/c1-21(2,3)33-20(30)26(34(22,31)32)13-5-4-10-16(25-19(28)29)18(27)24-15-11-6-8-14-9-7-12-23-17(14)15/h6-9,11-12,16,25H,4-5,10,13H2,1-3H3,(H,24,27)(H,28,29)(H2,22,31,32). The predicted molar refractivity (Wildman–Crippen MR) is 125 cm³/mol. The molecule has 1 heterocycles. The van der Waals surface area contributed by atoms with Crippen LogP contribution in [0.2, 0.25) is 0 Å². The predicted octanol–water partition coefficient (Wildman–Crippen LogP) is 2.42. The molecule has 0 saturated heterocycles. The van der Waals surface area contributed by atoms with E-state index in [9.17, 15) is 22.8 Å². The Morgan fingerprint density at radius 2 is 1.85 bits per heavy atom. The molecule has 13 heteroatoms. The minimum atomic E-state index is -4.37. The number of nitrogens with zero attached hydrogens (tertiary/aromatic N) is 2. The number of fused-ring (bicyclic) bond motifs is 1. The van der Waals surface area contributed by atoms with E-state index >= 15 is 0 Å². The quantitative estimate of drug-likeness (QED) is 0.383. The number of aromatic nitrogens is 1. The third-order valence-electron chi connectivity index (χ3n) is 4.51. The van der Waals surface area contributed by atoms with Gasteiger partial charge < -0.3 is 20.5 Å². The second kappa shape index (κ2) is 11.1. The zero-order chi connectivity index (χ0) is 25.5. The molecule has 0 radical (unpaired) electrons. The van der Waals surface area contributed by atoms with Gasteiger partial charge in [0.15, 0.2) is 0 Å². The maximum absolute atomic E-state index is 12.8. The topological polar surface area (TPSA) is 181 Å². The summed E-state index contributed by atoms with van der Waals surface area (Å²) in [6.45, 7) is 4.46. The Labute approximate surface area is 197 Å². The summed E-state index contributed by atoms with van der Waals surface area (Å²) >= 11 is 0. The van der Waals surface area contributed by atoms with Crippen molar-refractivity contribution in [3.05, 3.63) is 36.5 Å². The van der Waals surface area contributed by atoms with Crippen molar-refractivity contribution in [3.8, 4) is 0 Å². The average Bonchev–Trinajstić information content (AvgIpc) is 2.70. The molecule has 0 aliphatic heterocycles. The van der Waals surface area contributed by atoms with Crippen LogP contribution in [0.1, 0.15) is 40.0 Å². The van der Waals surface area contributed by atoms with Crippen molar-refractivity contribution in [3.63, 3.8) is 0 Å². The van der Waals surface area contributed by atoms with E-state index < -0.39 is 39.9 Å². The van der Waals surface area contributed by atoms with Crippen LogP contribution in [0.15, 0.2) is 36.5 Å². The Kier molecular flexibility index (Phi) is 8.76. The molecule has 0 saturated carbocycles. The lowest BCUT2D eigenvalue weighted by atomic mass is 10.1. The largest absolute Gasteiger partial charge is 0.465 e. The number of anilines is 1. The van der Waals surface area contributed by atoms with E-state index in [4.69, 9.17) is 15.0 Å². The fourth-order valence-electron chi connectivity index (χ4n) is 3.08. The molecule has 34 heavy (non-hydrogen) atoms. The van der Waals surface area contributed by atoms with E-state index in [2.05, 4.69) is 15.6 Å². The zero-order valence-electron chi connectivity index (χ0n) is 19.1. The molecule has 1 unspecified atom stereocenters. The molecule has 0 fully saturated rings. The van der Waals surface area contributed by atoms with Crippen molar-refractivity contribution in [2.24, 2.45) is 5.14 Å². The summed E-state index contributed by atoms with van der Waals surface area (Å²) in [5.41, 5.74) is 0.0460. The van der Waals surface area contributed by atoms with Crippen molar-refractivity contribution < 1.29 is 32.6 Å². The summed E-state index contributed by atoms with van der Waals surface area (Å²) in [5, 5.41) is 19.9. The van der Waals surface area contributed by atoms with Gasteiger partial charge in [0.05, 0.1) is 11.2 Å². The van der Waals surface area contributed by atoms with Crippen LogP contribution in [-0.2, 0) is 19.7 Å². The van der Waals surface area contributed by atoms with Gasteiger partial charge in [-0.2, -0.15) is 12.7 Å². The maximum atomic E-state index is 12.8. The van der Waals surface area contributed by atoms with Gasteiger partial charge in [0.25, 0.3) is 0 Å². The SMILES string of the molecule is CC(C)(C)OC(=O)N(CCCCC(NC(=O)O)C(=O)Nc1cccc2cccnc12)S(N)(=O)=O. The lowest BCUT2D eigenvalue weighted by Gasteiger charge is -2.25. The minimum Gasteiger partial charge on any atom is -0.465 e. The summed E-state index contributed by atoms with van der Waals surface area (Å²) in [7, 11) is -4.37. The monoisotopic (exact) mass is 495 g/mol. The van der Waals surface area contributed by atoms with E-state index in [0.717, 1.165) is 5.39 Å². The van der Waals surface area contributed by atoms with E-state index in [1.807, 2.05) is 12.1 Å². The van der Waals surface area contributed by atoms with Crippen molar-refractivity contribution in [1.82, 2.24) is 14.6 Å². The van der Waals surface area contributed by atoms with E-state index in [1.165, 1.54) is 0 Å². The van der Waals surface area contributed by atoms with Gasteiger partial charge in [0.1, 0.15) is 11.6 Å². The molecule has 12 nitrogen and oxygen atoms in total. The highest BCUT2D eigenvalue weighted by atomic mass is 32.2. The normalized spacial score (nSPS) is 12.6. The van der Waals surface area contributed by atoms with Gasteiger partial charge in [-0.05, 0) is 52.2 Å². The number of carboxylic acid groups (broad SMARTS) is 1. The molecular weight excluding hydrogens is 466 g/mol. The fraction of sp³-hybridized carbons (Fsp3) is 0.429. The van der Waals surface area contributed by atoms with Gasteiger partial charge >= 0.3 is 22.4 Å². The number of ether oxygens (including phenoxy) is 1. The summed E-state index contributed by atoms with van der Waals surface area (Å²) in [4.78, 5) is 40.4. The third-order valence-corrected chi connectivity index (χ3v) is 5.46. The first-order chi connectivity index (χ1) is 15.8. The first kappa shape index (κ1) is 26.8. The number of nitrogens with one attached hydrogen (secondary N) is 2. The summed E-state index contributed by atoms with van der Waals surface area (Å²) in [6.07, 6.45) is -0.555. The van der Waals surface area contributed by atoms with E-state index in [0.29, 0.717) is 15.5 Å². The number of para-hydroxylation sites is 1. The molecule has 1 aromatic carbocycles. The second-order valence-electron chi connectivity index (χ2n) is 8.47. The number of pyridine rings is 1. The molecule has 186 valence electrons.